The van der Waals surface area contributed by atoms with Gasteiger partial charge in [0.05, 0.1) is 12.4 Å². The number of benzene rings is 1. The number of carbonyl (C=O) groups is 2. The van der Waals surface area contributed by atoms with Crippen LogP contribution in [-0.2, 0) is 0 Å². The molecule has 0 radical (unpaired) electrons. The second-order valence-corrected chi connectivity index (χ2v) is 5.06. The van der Waals surface area contributed by atoms with Crippen molar-refractivity contribution in [3.63, 3.8) is 0 Å². The summed E-state index contributed by atoms with van der Waals surface area (Å²) in [5.74, 6) is -1.58. The number of nitrogens with zero attached hydrogens (tertiary/aromatic N) is 6. The van der Waals surface area contributed by atoms with Gasteiger partial charge in [-0.15, -0.1) is 0 Å². The van der Waals surface area contributed by atoms with Crippen LogP contribution < -0.4 is 22.3 Å². The molecule has 0 saturated carbocycles. The number of hydrogen-bond donors (Lipinski definition) is 4. The van der Waals surface area contributed by atoms with E-state index < -0.39 is 11.8 Å². The second-order valence-electron chi connectivity index (χ2n) is 5.06. The van der Waals surface area contributed by atoms with Crippen molar-refractivity contribution in [1.82, 2.24) is 31.5 Å². The van der Waals surface area contributed by atoms with Gasteiger partial charge in [0.25, 0.3) is 11.8 Å². The molecule has 1 aromatic carbocycles. The first-order chi connectivity index (χ1) is 13.5. The molecule has 0 spiro atoms. The zero-order valence-corrected chi connectivity index (χ0v) is 13.9. The molecule has 0 aliphatic carbocycles. The number of aromatic nitrogens is 4. The van der Waals surface area contributed by atoms with Crippen LogP contribution in [0.3, 0.4) is 0 Å². The molecule has 0 unspecified atom stereocenters. The number of nitrogens with one attached hydrogen (secondary N) is 2. The molecule has 142 valence electrons. The lowest BCUT2D eigenvalue weighted by Gasteiger charge is -1.98. The predicted octanol–water partition coefficient (Wildman–Crippen LogP) is -0.855. The van der Waals surface area contributed by atoms with E-state index >= 15 is 0 Å². The Morgan fingerprint density at radius 3 is 1.50 bits per heavy atom. The van der Waals surface area contributed by atoms with E-state index in [1.54, 1.807) is 24.3 Å². The molecule has 3 aromatic rings. The van der Waals surface area contributed by atoms with Crippen LogP contribution in [0.5, 0.6) is 0 Å². The third-order valence-corrected chi connectivity index (χ3v) is 3.15. The van der Waals surface area contributed by atoms with E-state index in [0.29, 0.717) is 11.1 Å². The molecule has 2 amide bonds. The molecular weight excluding hydrogens is 372 g/mol. The third kappa shape index (κ3) is 4.31. The molecule has 0 fully saturated rings. The smallest absolute Gasteiger partial charge is 0.297 e. The number of hydrazone groups is 2. The lowest BCUT2D eigenvalue weighted by Crippen LogP contribution is -2.19. The van der Waals surface area contributed by atoms with E-state index in [2.05, 4.69) is 50.9 Å². The Balaban J connectivity index is 1.52. The minimum Gasteiger partial charge on any atom is -0.379 e. The molecule has 6 N–H and O–H groups in total. The fraction of sp³-hybridized carbons (Fsp3) is 0. The van der Waals surface area contributed by atoms with Crippen molar-refractivity contribution in [3.8, 4) is 0 Å². The second kappa shape index (κ2) is 8.17. The van der Waals surface area contributed by atoms with Crippen LogP contribution in [0.4, 0.5) is 11.6 Å². The summed E-state index contributed by atoms with van der Waals surface area (Å²) < 4.78 is 8.65. The molecule has 14 heteroatoms. The lowest BCUT2D eigenvalue weighted by atomic mass is 10.2. The summed E-state index contributed by atoms with van der Waals surface area (Å²) >= 11 is 0. The Morgan fingerprint density at radius 1 is 0.786 bits per heavy atom. The van der Waals surface area contributed by atoms with Gasteiger partial charge in [-0.2, -0.15) is 10.2 Å². The molecule has 2 aromatic heterocycles. The summed E-state index contributed by atoms with van der Waals surface area (Å²) in [4.78, 5) is 23.4. The van der Waals surface area contributed by atoms with Gasteiger partial charge in [-0.3, -0.25) is 9.59 Å². The maximum Gasteiger partial charge on any atom is 0.297 e. The van der Waals surface area contributed by atoms with Crippen molar-refractivity contribution in [2.45, 2.75) is 0 Å². The van der Waals surface area contributed by atoms with Crippen LogP contribution in [0.2, 0.25) is 0 Å². The van der Waals surface area contributed by atoms with E-state index in [4.69, 9.17) is 11.5 Å². The predicted molar refractivity (Wildman–Crippen MR) is 94.0 cm³/mol. The number of amides is 2. The lowest BCUT2D eigenvalue weighted by molar-refractivity contribution is 0.0937. The number of rotatable bonds is 6. The minimum atomic E-state index is -0.655. The fourth-order valence-corrected chi connectivity index (χ4v) is 1.81. The summed E-state index contributed by atoms with van der Waals surface area (Å²) in [6.45, 7) is 0. The average Bonchev–Trinajstić information content (AvgIpc) is 3.31. The van der Waals surface area contributed by atoms with E-state index in [1.807, 2.05) is 0 Å². The number of hydrogen-bond acceptors (Lipinski definition) is 12. The van der Waals surface area contributed by atoms with Crippen LogP contribution >= 0.6 is 0 Å². The van der Waals surface area contributed by atoms with Gasteiger partial charge in [0, 0.05) is 0 Å². The van der Waals surface area contributed by atoms with Crippen LogP contribution in [0.1, 0.15) is 32.1 Å². The fourth-order valence-electron chi connectivity index (χ4n) is 1.81. The molecule has 0 atom stereocenters. The molecular formula is C14H12N10O4. The van der Waals surface area contributed by atoms with Crippen molar-refractivity contribution in [3.05, 3.63) is 46.8 Å². The molecule has 28 heavy (non-hydrogen) atoms. The standard InChI is InChI=1S/C14H12N10O4/c15-11-9(21-27-23-11)13(25)19-17-5-7-1-2-8(4-3-7)6-18-20-14(26)10-12(16)24-28-22-10/h1-6H,(H2,15,23)(H2,16,24)(H,19,25)(H,20,26). The van der Waals surface area contributed by atoms with Gasteiger partial charge in [-0.05, 0) is 31.8 Å². The Morgan fingerprint density at radius 2 is 1.18 bits per heavy atom. The first kappa shape index (κ1) is 18.2. The quantitative estimate of drug-likeness (QED) is 0.305. The molecule has 0 aliphatic heterocycles. The van der Waals surface area contributed by atoms with Crippen molar-refractivity contribution in [2.75, 3.05) is 11.5 Å². The van der Waals surface area contributed by atoms with Gasteiger partial charge in [-0.25, -0.2) is 20.1 Å². The van der Waals surface area contributed by atoms with Gasteiger partial charge < -0.3 is 11.5 Å². The van der Waals surface area contributed by atoms with E-state index in [1.165, 1.54) is 12.4 Å². The molecule has 0 aliphatic rings. The minimum absolute atomic E-state index is 0.133. The zero-order chi connectivity index (χ0) is 19.9. The highest BCUT2D eigenvalue weighted by atomic mass is 16.6. The summed E-state index contributed by atoms with van der Waals surface area (Å²) in [7, 11) is 0. The summed E-state index contributed by atoms with van der Waals surface area (Å²) in [5, 5.41) is 20.8. The van der Waals surface area contributed by atoms with Crippen molar-refractivity contribution < 1.29 is 18.8 Å². The normalized spacial score (nSPS) is 11.1. The maximum absolute atomic E-state index is 11.7. The van der Waals surface area contributed by atoms with E-state index in [9.17, 15) is 9.59 Å². The van der Waals surface area contributed by atoms with Crippen LogP contribution in [0, 0.1) is 0 Å². The number of nitrogens with two attached hydrogens (primary N) is 2. The summed E-state index contributed by atoms with van der Waals surface area (Å²) in [6.07, 6.45) is 2.81. The van der Waals surface area contributed by atoms with Crippen LogP contribution in [0.15, 0.2) is 43.7 Å². The number of carbonyl (C=O) groups excluding carboxylic acids is 2. The van der Waals surface area contributed by atoms with Crippen molar-refractivity contribution >= 4 is 35.9 Å². The Bertz CT molecular complexity index is 953. The third-order valence-electron chi connectivity index (χ3n) is 3.15. The zero-order valence-electron chi connectivity index (χ0n) is 13.9. The van der Waals surface area contributed by atoms with Gasteiger partial charge >= 0.3 is 0 Å². The van der Waals surface area contributed by atoms with Gasteiger partial charge in [0.15, 0.2) is 0 Å². The van der Waals surface area contributed by atoms with E-state index in [0.717, 1.165) is 0 Å². The summed E-state index contributed by atoms with van der Waals surface area (Å²) in [6, 6.07) is 6.85. The van der Waals surface area contributed by atoms with Crippen LogP contribution in [0.25, 0.3) is 0 Å². The monoisotopic (exact) mass is 384 g/mol. The number of nitrogen functional groups attached to an aromatic ring is 2. The Kier molecular flexibility index (Phi) is 5.31. The number of anilines is 2. The highest BCUT2D eigenvalue weighted by Gasteiger charge is 2.15. The molecule has 3 rings (SSSR count). The van der Waals surface area contributed by atoms with Crippen molar-refractivity contribution in [1.29, 1.82) is 0 Å². The maximum atomic E-state index is 11.7. The molecule has 0 bridgehead atoms. The Hall–Kier alpha value is -4.62. The molecule has 14 nitrogen and oxygen atoms in total. The van der Waals surface area contributed by atoms with E-state index in [-0.39, 0.29) is 23.0 Å². The first-order valence-electron chi connectivity index (χ1n) is 7.47. The van der Waals surface area contributed by atoms with Gasteiger partial charge in [-0.1, -0.05) is 24.3 Å². The van der Waals surface area contributed by atoms with Crippen LogP contribution in [-0.4, -0.2) is 44.9 Å². The largest absolute Gasteiger partial charge is 0.379 e. The highest BCUT2D eigenvalue weighted by molar-refractivity contribution is 5.97. The highest BCUT2D eigenvalue weighted by Crippen LogP contribution is 2.04. The van der Waals surface area contributed by atoms with Gasteiger partial charge in [0.2, 0.25) is 23.0 Å². The topological polar surface area (TPSA) is 213 Å². The van der Waals surface area contributed by atoms with Crippen molar-refractivity contribution in [2.24, 2.45) is 10.2 Å². The summed E-state index contributed by atoms with van der Waals surface area (Å²) in [5.41, 5.74) is 16.3. The average molecular weight is 384 g/mol. The Labute approximate surface area is 155 Å². The first-order valence-corrected chi connectivity index (χ1v) is 7.47. The van der Waals surface area contributed by atoms with Gasteiger partial charge in [0.1, 0.15) is 0 Å². The molecule has 0 saturated heterocycles. The molecule has 2 heterocycles. The SMILES string of the molecule is Nc1nonc1C(=O)NN=Cc1ccc(C=NNC(=O)c2nonc2N)cc1.